The van der Waals surface area contributed by atoms with E-state index in [1.807, 2.05) is 17.5 Å². The van der Waals surface area contributed by atoms with E-state index in [1.165, 1.54) is 0 Å². The molecule has 0 fully saturated rings. The van der Waals surface area contributed by atoms with Crippen LogP contribution in [0.2, 0.25) is 6.04 Å². The van der Waals surface area contributed by atoms with Gasteiger partial charge in [0.05, 0.1) is 0 Å². The molecule has 0 aromatic carbocycles. The predicted molar refractivity (Wildman–Crippen MR) is 52.2 cm³/mol. The van der Waals surface area contributed by atoms with Crippen LogP contribution in [0.4, 0.5) is 0 Å². The Morgan fingerprint density at radius 3 is 1.90 bits per heavy atom. The van der Waals surface area contributed by atoms with Crippen LogP contribution in [0, 0.1) is 0 Å². The molecule has 0 saturated carbocycles. The van der Waals surface area contributed by atoms with E-state index in [1.54, 1.807) is 0 Å². The van der Waals surface area contributed by atoms with E-state index in [2.05, 4.69) is 19.7 Å². The van der Waals surface area contributed by atoms with Crippen molar-refractivity contribution in [3.63, 3.8) is 0 Å². The molecule has 56 valence electrons. The summed E-state index contributed by atoms with van der Waals surface area (Å²) in [6.07, 6.45) is 1.87. The molecule has 0 saturated heterocycles. The Kier molecular flexibility index (Phi) is 4.26. The first-order valence-electron chi connectivity index (χ1n) is 3.18. The topological polar surface area (TPSA) is 9.23 Å². The first-order chi connectivity index (χ1) is 4.74. The molecule has 1 nitrogen and oxygen atoms in total. The highest BCUT2D eigenvalue weighted by molar-refractivity contribution is 6.85. The number of hydrogen-bond donors (Lipinski definition) is 0. The molecule has 10 heavy (non-hydrogen) atoms. The molecule has 0 atom stereocenters. The van der Waals surface area contributed by atoms with Crippen LogP contribution in [-0.4, -0.2) is 18.8 Å². The average Bonchev–Trinajstić information content (AvgIpc) is 2.01. The summed E-state index contributed by atoms with van der Waals surface area (Å²) in [5.74, 6) is 0. The van der Waals surface area contributed by atoms with Gasteiger partial charge < -0.3 is 4.12 Å². The summed E-state index contributed by atoms with van der Waals surface area (Å²) < 4.78 is 5.45. The van der Waals surface area contributed by atoms with E-state index in [9.17, 15) is 0 Å². The van der Waals surface area contributed by atoms with E-state index in [4.69, 9.17) is 4.12 Å². The Labute approximate surface area is 66.8 Å². The van der Waals surface area contributed by atoms with Crippen LogP contribution in [0.3, 0.4) is 0 Å². The van der Waals surface area contributed by atoms with Crippen molar-refractivity contribution < 1.29 is 4.12 Å². The molecule has 0 aliphatic heterocycles. The van der Waals surface area contributed by atoms with Gasteiger partial charge in [-0.05, 0) is 6.04 Å². The smallest absolute Gasteiger partial charge is 0.232 e. The van der Waals surface area contributed by atoms with Gasteiger partial charge in [0.2, 0.25) is 8.32 Å². The molecule has 0 heterocycles. The Balaban J connectivity index is 4.28. The molecule has 0 bridgehead atoms. The summed E-state index contributed by atoms with van der Waals surface area (Å²) >= 11 is 0. The molecule has 0 unspecified atom stereocenters. The SMILES string of the molecule is C=CC[Si](C=C)(C=C)O[SiH3]. The molecule has 0 aromatic heterocycles. The maximum atomic E-state index is 5.45. The highest BCUT2D eigenvalue weighted by Crippen LogP contribution is 2.12. The number of hydrogen-bond acceptors (Lipinski definition) is 1. The first kappa shape index (κ1) is 9.61. The molecule has 0 aliphatic rings. The van der Waals surface area contributed by atoms with Crippen molar-refractivity contribution in [1.29, 1.82) is 0 Å². The highest BCUT2D eigenvalue weighted by Gasteiger charge is 2.22. The van der Waals surface area contributed by atoms with Crippen molar-refractivity contribution >= 4 is 18.8 Å². The summed E-state index contributed by atoms with van der Waals surface area (Å²) in [6.45, 7) is 11.1. The van der Waals surface area contributed by atoms with Crippen LogP contribution in [0.15, 0.2) is 37.2 Å². The quantitative estimate of drug-likeness (QED) is 0.439. The minimum Gasteiger partial charge on any atom is -0.458 e. The molecule has 0 aliphatic carbocycles. The zero-order chi connectivity index (χ0) is 8.04. The van der Waals surface area contributed by atoms with Gasteiger partial charge in [-0.25, -0.2) is 0 Å². The molecule has 0 spiro atoms. The Bertz CT molecular complexity index is 135. The lowest BCUT2D eigenvalue weighted by Crippen LogP contribution is -2.32. The lowest BCUT2D eigenvalue weighted by molar-refractivity contribution is 0.627. The Morgan fingerprint density at radius 1 is 1.30 bits per heavy atom. The van der Waals surface area contributed by atoms with Gasteiger partial charge in [0.25, 0.3) is 0 Å². The third kappa shape index (κ3) is 2.09. The maximum absolute atomic E-state index is 5.45. The molecule has 0 amide bonds. The second kappa shape index (κ2) is 4.43. The molecule has 0 aromatic rings. The van der Waals surface area contributed by atoms with Gasteiger partial charge in [0, 0.05) is 0 Å². The van der Waals surface area contributed by atoms with Gasteiger partial charge in [0.1, 0.15) is 10.5 Å². The van der Waals surface area contributed by atoms with Crippen LogP contribution < -0.4 is 0 Å². The number of allylic oxidation sites excluding steroid dienone is 1. The maximum Gasteiger partial charge on any atom is 0.232 e. The molecular weight excluding hydrogens is 156 g/mol. The minimum absolute atomic E-state index is 0.751. The number of rotatable bonds is 5. The lowest BCUT2D eigenvalue weighted by atomic mass is 10.8. The van der Waals surface area contributed by atoms with Crippen molar-refractivity contribution in [2.24, 2.45) is 0 Å². The van der Waals surface area contributed by atoms with Gasteiger partial charge in [-0.1, -0.05) is 17.5 Å². The van der Waals surface area contributed by atoms with Crippen LogP contribution in [-0.2, 0) is 4.12 Å². The van der Waals surface area contributed by atoms with E-state index in [0.29, 0.717) is 0 Å². The second-order valence-electron chi connectivity index (χ2n) is 2.06. The third-order valence-corrected chi connectivity index (χ3v) is 6.88. The minimum atomic E-state index is -1.75. The molecule has 3 heteroatoms. The largest absolute Gasteiger partial charge is 0.458 e. The van der Waals surface area contributed by atoms with Gasteiger partial charge in [-0.15, -0.1) is 19.7 Å². The standard InChI is InChI=1S/C7H14OSi2/c1-4-7-10(5-2,6-3)8-9/h4-6H,1-3,7H2,9H3. The first-order valence-corrected chi connectivity index (χ1v) is 6.26. The molecular formula is C7H14OSi2. The molecule has 0 N–H and O–H groups in total. The van der Waals surface area contributed by atoms with Crippen LogP contribution in [0.25, 0.3) is 0 Å². The van der Waals surface area contributed by atoms with Crippen molar-refractivity contribution in [2.45, 2.75) is 6.04 Å². The summed E-state index contributed by atoms with van der Waals surface area (Å²) in [6, 6.07) is 0.892. The monoisotopic (exact) mass is 170 g/mol. The van der Waals surface area contributed by atoms with Gasteiger partial charge in [-0.2, -0.15) is 0 Å². The third-order valence-electron chi connectivity index (χ3n) is 1.53. The van der Waals surface area contributed by atoms with Crippen LogP contribution in [0.5, 0.6) is 0 Å². The van der Waals surface area contributed by atoms with Gasteiger partial charge >= 0.3 is 0 Å². The Morgan fingerprint density at radius 2 is 1.80 bits per heavy atom. The average molecular weight is 170 g/mol. The zero-order valence-electron chi connectivity index (χ0n) is 6.47. The summed E-state index contributed by atoms with van der Waals surface area (Å²) in [5.41, 5.74) is 3.80. The van der Waals surface area contributed by atoms with Crippen molar-refractivity contribution in [1.82, 2.24) is 0 Å². The van der Waals surface area contributed by atoms with Gasteiger partial charge in [-0.3, -0.25) is 0 Å². The summed E-state index contributed by atoms with van der Waals surface area (Å²) in [5, 5.41) is 0. The fraction of sp³-hybridized carbons (Fsp3) is 0.143. The van der Waals surface area contributed by atoms with E-state index in [-0.39, 0.29) is 0 Å². The second-order valence-corrected chi connectivity index (χ2v) is 6.83. The van der Waals surface area contributed by atoms with E-state index < -0.39 is 8.32 Å². The highest BCUT2D eigenvalue weighted by atomic mass is 28.4. The van der Waals surface area contributed by atoms with E-state index in [0.717, 1.165) is 16.5 Å². The Hall–Kier alpha value is -0.386. The normalized spacial score (nSPS) is 10.8. The van der Waals surface area contributed by atoms with Crippen molar-refractivity contribution in [2.75, 3.05) is 0 Å². The fourth-order valence-electron chi connectivity index (χ4n) is 0.726. The molecule has 0 rings (SSSR count). The lowest BCUT2D eigenvalue weighted by Gasteiger charge is -2.20. The van der Waals surface area contributed by atoms with E-state index >= 15 is 0 Å². The zero-order valence-corrected chi connectivity index (χ0v) is 9.47. The molecule has 0 radical (unpaired) electrons. The van der Waals surface area contributed by atoms with Gasteiger partial charge in [0.15, 0.2) is 0 Å². The predicted octanol–water partition coefficient (Wildman–Crippen LogP) is 0.865. The van der Waals surface area contributed by atoms with Crippen molar-refractivity contribution in [3.8, 4) is 0 Å². The van der Waals surface area contributed by atoms with Crippen molar-refractivity contribution in [3.05, 3.63) is 37.2 Å². The summed E-state index contributed by atoms with van der Waals surface area (Å²) in [4.78, 5) is 0. The van der Waals surface area contributed by atoms with Crippen LogP contribution in [0.1, 0.15) is 0 Å². The summed E-state index contributed by atoms with van der Waals surface area (Å²) in [7, 11) is -0.995. The van der Waals surface area contributed by atoms with Crippen LogP contribution >= 0.6 is 0 Å². The fourth-order valence-corrected chi connectivity index (χ4v) is 3.68.